The molecule has 128 valence electrons. The molecule has 0 amide bonds. The van der Waals surface area contributed by atoms with Gasteiger partial charge in [0.05, 0.1) is 0 Å². The minimum Gasteiger partial charge on any atom is -0.480 e. The predicted octanol–water partition coefficient (Wildman–Crippen LogP) is 2.95. The van der Waals surface area contributed by atoms with Crippen molar-refractivity contribution in [2.75, 3.05) is 0 Å². The fraction of sp³-hybridized carbons (Fsp3) is 0.368. The minimum atomic E-state index is -1.38. The summed E-state index contributed by atoms with van der Waals surface area (Å²) < 4.78 is 0. The second-order valence-corrected chi connectivity index (χ2v) is 6.51. The Kier molecular flexibility index (Phi) is 4.94. The van der Waals surface area contributed by atoms with E-state index in [1.165, 1.54) is 6.08 Å². The van der Waals surface area contributed by atoms with Crippen LogP contribution in [0, 0.1) is 0 Å². The molecule has 24 heavy (non-hydrogen) atoms. The van der Waals surface area contributed by atoms with Crippen LogP contribution in [0.3, 0.4) is 0 Å². The summed E-state index contributed by atoms with van der Waals surface area (Å²) in [7, 11) is 0. The van der Waals surface area contributed by atoms with Crippen molar-refractivity contribution >= 4 is 11.9 Å². The molecule has 0 fully saturated rings. The van der Waals surface area contributed by atoms with Crippen molar-refractivity contribution in [1.29, 1.82) is 0 Å². The quantitative estimate of drug-likeness (QED) is 0.771. The molecule has 5 nitrogen and oxygen atoms in total. The SMILES string of the molecule is CC1=CC=C(C(=O)O)CC1(C(=O)O)c1cc(CN)ccc1C(C)C. The van der Waals surface area contributed by atoms with Gasteiger partial charge in [0.15, 0.2) is 0 Å². The Morgan fingerprint density at radius 1 is 1.25 bits per heavy atom. The Bertz CT molecular complexity index is 746. The molecule has 0 saturated carbocycles. The lowest BCUT2D eigenvalue weighted by Gasteiger charge is -2.36. The van der Waals surface area contributed by atoms with Crippen LogP contribution < -0.4 is 5.73 Å². The van der Waals surface area contributed by atoms with Crippen LogP contribution in [0.5, 0.6) is 0 Å². The van der Waals surface area contributed by atoms with E-state index in [1.807, 2.05) is 32.0 Å². The topological polar surface area (TPSA) is 101 Å². The van der Waals surface area contributed by atoms with Gasteiger partial charge in [0.25, 0.3) is 0 Å². The zero-order chi connectivity index (χ0) is 18.1. The molecule has 1 aliphatic carbocycles. The number of rotatable bonds is 5. The molecule has 0 bridgehead atoms. The van der Waals surface area contributed by atoms with Gasteiger partial charge in [-0.3, -0.25) is 4.79 Å². The maximum Gasteiger partial charge on any atom is 0.331 e. The van der Waals surface area contributed by atoms with Gasteiger partial charge in [0, 0.05) is 18.5 Å². The molecule has 0 saturated heterocycles. The molecule has 2 rings (SSSR count). The molecular weight excluding hydrogens is 306 g/mol. The fourth-order valence-electron chi connectivity index (χ4n) is 3.27. The van der Waals surface area contributed by atoms with E-state index in [0.717, 1.165) is 11.1 Å². The highest BCUT2D eigenvalue weighted by Gasteiger charge is 2.46. The molecule has 4 N–H and O–H groups in total. The molecule has 5 heteroatoms. The third kappa shape index (κ3) is 2.87. The number of hydrogen-bond donors (Lipinski definition) is 3. The van der Waals surface area contributed by atoms with E-state index in [1.54, 1.807) is 13.0 Å². The third-order valence-corrected chi connectivity index (χ3v) is 4.74. The maximum absolute atomic E-state index is 12.3. The Labute approximate surface area is 141 Å². The van der Waals surface area contributed by atoms with Crippen molar-refractivity contribution in [1.82, 2.24) is 0 Å². The first-order valence-electron chi connectivity index (χ1n) is 7.92. The van der Waals surface area contributed by atoms with Crippen LogP contribution in [0.1, 0.15) is 49.8 Å². The molecule has 0 aliphatic heterocycles. The summed E-state index contributed by atoms with van der Waals surface area (Å²) in [6, 6.07) is 5.61. The van der Waals surface area contributed by atoms with Gasteiger partial charge in [-0.1, -0.05) is 49.8 Å². The first-order chi connectivity index (χ1) is 11.2. The van der Waals surface area contributed by atoms with Crippen LogP contribution in [0.25, 0.3) is 0 Å². The molecule has 0 heterocycles. The number of benzene rings is 1. The average Bonchev–Trinajstić information content (AvgIpc) is 2.54. The summed E-state index contributed by atoms with van der Waals surface area (Å²) in [5.41, 5.74) is 7.43. The van der Waals surface area contributed by atoms with E-state index in [0.29, 0.717) is 17.7 Å². The van der Waals surface area contributed by atoms with Crippen LogP contribution in [0.15, 0.2) is 41.5 Å². The monoisotopic (exact) mass is 329 g/mol. The zero-order valence-electron chi connectivity index (χ0n) is 14.2. The van der Waals surface area contributed by atoms with Crippen LogP contribution in [-0.2, 0) is 21.5 Å². The molecule has 1 aliphatic rings. The summed E-state index contributed by atoms with van der Waals surface area (Å²) in [5.74, 6) is -2.03. The number of carboxylic acid groups (broad SMARTS) is 2. The molecule has 1 unspecified atom stereocenters. The van der Waals surface area contributed by atoms with Crippen molar-refractivity contribution in [2.45, 2.75) is 45.1 Å². The molecule has 1 aromatic carbocycles. The summed E-state index contributed by atoms with van der Waals surface area (Å²) in [6.07, 6.45) is 3.01. The molecule has 0 radical (unpaired) electrons. The van der Waals surface area contributed by atoms with Crippen molar-refractivity contribution < 1.29 is 19.8 Å². The molecule has 1 aromatic rings. The largest absolute Gasteiger partial charge is 0.480 e. The fourth-order valence-corrected chi connectivity index (χ4v) is 3.27. The van der Waals surface area contributed by atoms with Gasteiger partial charge in [0.2, 0.25) is 0 Å². The third-order valence-electron chi connectivity index (χ3n) is 4.74. The summed E-state index contributed by atoms with van der Waals surface area (Å²) in [5, 5.41) is 19.4. The Balaban J connectivity index is 2.77. The summed E-state index contributed by atoms with van der Waals surface area (Å²) in [6.45, 7) is 6.02. The normalized spacial score (nSPS) is 20.5. The van der Waals surface area contributed by atoms with Gasteiger partial charge in [-0.15, -0.1) is 0 Å². The van der Waals surface area contributed by atoms with E-state index in [2.05, 4.69) is 0 Å². The Morgan fingerprint density at radius 2 is 1.92 bits per heavy atom. The van der Waals surface area contributed by atoms with Crippen LogP contribution >= 0.6 is 0 Å². The van der Waals surface area contributed by atoms with Crippen LogP contribution in [0.4, 0.5) is 0 Å². The molecular formula is C19H23NO4. The maximum atomic E-state index is 12.3. The van der Waals surface area contributed by atoms with Crippen LogP contribution in [0.2, 0.25) is 0 Å². The number of hydrogen-bond acceptors (Lipinski definition) is 3. The van der Waals surface area contributed by atoms with Gasteiger partial charge in [-0.25, -0.2) is 4.79 Å². The molecule has 0 aromatic heterocycles. The predicted molar refractivity (Wildman–Crippen MR) is 91.8 cm³/mol. The van der Waals surface area contributed by atoms with Gasteiger partial charge in [-0.2, -0.15) is 0 Å². The number of nitrogens with two attached hydrogens (primary N) is 1. The van der Waals surface area contributed by atoms with Gasteiger partial charge < -0.3 is 15.9 Å². The van der Waals surface area contributed by atoms with Crippen molar-refractivity contribution in [3.63, 3.8) is 0 Å². The Hall–Kier alpha value is -2.40. The lowest BCUT2D eigenvalue weighted by Crippen LogP contribution is -2.41. The lowest BCUT2D eigenvalue weighted by atomic mass is 9.65. The van der Waals surface area contributed by atoms with E-state index in [-0.39, 0.29) is 17.9 Å². The van der Waals surface area contributed by atoms with Gasteiger partial charge in [0.1, 0.15) is 5.41 Å². The number of aliphatic carboxylic acids is 2. The first kappa shape index (κ1) is 17.9. The lowest BCUT2D eigenvalue weighted by molar-refractivity contribution is -0.142. The second-order valence-electron chi connectivity index (χ2n) is 6.51. The summed E-state index contributed by atoms with van der Waals surface area (Å²) in [4.78, 5) is 23.8. The highest BCUT2D eigenvalue weighted by Crippen LogP contribution is 2.44. The molecule has 1 atom stereocenters. The van der Waals surface area contributed by atoms with Crippen molar-refractivity contribution in [2.24, 2.45) is 5.73 Å². The standard InChI is InChI=1S/C19H23NO4/c1-11(2)15-7-5-13(10-20)8-16(15)19(18(23)24)9-14(17(21)22)6-4-12(19)3/h4-8,11H,9-10,20H2,1-3H3,(H,21,22)(H,23,24). The number of carbonyl (C=O) groups is 2. The Morgan fingerprint density at radius 3 is 2.42 bits per heavy atom. The van der Waals surface area contributed by atoms with E-state index in [4.69, 9.17) is 5.73 Å². The van der Waals surface area contributed by atoms with E-state index >= 15 is 0 Å². The second kappa shape index (κ2) is 6.61. The highest BCUT2D eigenvalue weighted by atomic mass is 16.4. The minimum absolute atomic E-state index is 0.0757. The van der Waals surface area contributed by atoms with Gasteiger partial charge in [-0.05, 0) is 29.5 Å². The number of carboxylic acids is 2. The van der Waals surface area contributed by atoms with Crippen molar-refractivity contribution in [3.05, 3.63) is 58.2 Å². The summed E-state index contributed by atoms with van der Waals surface area (Å²) >= 11 is 0. The zero-order valence-corrected chi connectivity index (χ0v) is 14.2. The average molecular weight is 329 g/mol. The highest BCUT2D eigenvalue weighted by molar-refractivity contribution is 5.94. The molecule has 0 spiro atoms. The van der Waals surface area contributed by atoms with Crippen molar-refractivity contribution in [3.8, 4) is 0 Å². The first-order valence-corrected chi connectivity index (χ1v) is 7.92. The smallest absolute Gasteiger partial charge is 0.331 e. The number of allylic oxidation sites excluding steroid dienone is 2. The van der Waals surface area contributed by atoms with Gasteiger partial charge >= 0.3 is 11.9 Å². The van der Waals surface area contributed by atoms with Crippen LogP contribution in [-0.4, -0.2) is 22.2 Å². The van der Waals surface area contributed by atoms with E-state index < -0.39 is 17.4 Å². The van der Waals surface area contributed by atoms with E-state index in [9.17, 15) is 19.8 Å².